The number of alkyl halides is 3. The standard InChI is InChI=1S/C7H4F3.3C2H5.Pb/c8-7(9,10)6-4-2-1-3-5-6;3*1-2;/h2-5H;3*1H2,2H3;. The van der Waals surface area contributed by atoms with E-state index >= 15 is 0 Å². The van der Waals surface area contributed by atoms with E-state index in [1.54, 1.807) is 12.1 Å². The van der Waals surface area contributed by atoms with E-state index in [0.717, 1.165) is 0 Å². The molecule has 0 unspecified atom stereocenters. The Labute approximate surface area is 106 Å². The SMILES string of the molecule is C[CH2][Pb]([CH2]C)([CH2]C)[c]1ccc(C(F)(F)F)cc1. The molecule has 0 bridgehead atoms. The summed E-state index contributed by atoms with van der Waals surface area (Å²) < 4.78 is 42.2. The number of hydrogen-bond donors (Lipinski definition) is 0. The Bertz CT molecular complexity index is 342. The van der Waals surface area contributed by atoms with Gasteiger partial charge < -0.3 is 0 Å². The normalized spacial score (nSPS) is 12.8. The minimum absolute atomic E-state index is 0.535. The van der Waals surface area contributed by atoms with Gasteiger partial charge in [-0.2, -0.15) is 0 Å². The topological polar surface area (TPSA) is 0 Å². The molecule has 0 radical (unpaired) electrons. The fourth-order valence-electron chi connectivity index (χ4n) is 2.38. The van der Waals surface area contributed by atoms with Gasteiger partial charge in [-0.05, 0) is 0 Å². The summed E-state index contributed by atoms with van der Waals surface area (Å²) in [7, 11) is 0. The molecule has 0 saturated heterocycles. The van der Waals surface area contributed by atoms with E-state index in [1.807, 2.05) is 0 Å². The molecule has 0 aliphatic rings. The Hall–Kier alpha value is -0.0679. The van der Waals surface area contributed by atoms with Gasteiger partial charge >= 0.3 is 106 Å². The average Bonchev–Trinajstić information content (AvgIpc) is 2.32. The van der Waals surface area contributed by atoms with Crippen LogP contribution in [0.3, 0.4) is 0 Å². The monoisotopic (exact) mass is 440 g/mol. The molecule has 1 aromatic carbocycles. The van der Waals surface area contributed by atoms with Gasteiger partial charge in [0.2, 0.25) is 0 Å². The van der Waals surface area contributed by atoms with Crippen molar-refractivity contribution in [2.24, 2.45) is 0 Å². The van der Waals surface area contributed by atoms with Gasteiger partial charge in [0.05, 0.1) is 0 Å². The van der Waals surface area contributed by atoms with Gasteiger partial charge in [-0.3, -0.25) is 0 Å². The summed E-state index contributed by atoms with van der Waals surface area (Å²) >= 11 is -2.48. The minimum atomic E-state index is -4.22. The Morgan fingerprint density at radius 2 is 1.29 bits per heavy atom. The molecule has 1 aromatic rings. The van der Waals surface area contributed by atoms with E-state index in [1.165, 1.54) is 27.2 Å². The van der Waals surface area contributed by atoms with Crippen LogP contribution in [0.4, 0.5) is 13.2 Å². The zero-order valence-corrected chi connectivity index (χ0v) is 14.5. The molecular formula is C13H19F3Pb. The van der Waals surface area contributed by atoms with Gasteiger partial charge in [0.1, 0.15) is 0 Å². The van der Waals surface area contributed by atoms with Crippen LogP contribution in [-0.4, -0.2) is 21.2 Å². The number of hydrogen-bond acceptors (Lipinski definition) is 0. The summed E-state index contributed by atoms with van der Waals surface area (Å²) in [5.41, 5.74) is -0.535. The van der Waals surface area contributed by atoms with Crippen molar-refractivity contribution < 1.29 is 13.2 Å². The van der Waals surface area contributed by atoms with E-state index in [-0.39, 0.29) is 0 Å². The summed E-state index contributed by atoms with van der Waals surface area (Å²) in [6.07, 6.45) is -4.22. The molecule has 0 aromatic heterocycles. The third-order valence-corrected chi connectivity index (χ3v) is 25.7. The predicted molar refractivity (Wildman–Crippen MR) is 68.3 cm³/mol. The first-order valence-electron chi connectivity index (χ1n) is 6.07. The van der Waals surface area contributed by atoms with Crippen LogP contribution in [0, 0.1) is 0 Å². The van der Waals surface area contributed by atoms with Crippen molar-refractivity contribution >= 4 is 24.3 Å². The van der Waals surface area contributed by atoms with Crippen LogP contribution in [0.25, 0.3) is 0 Å². The molecule has 4 heteroatoms. The van der Waals surface area contributed by atoms with E-state index in [2.05, 4.69) is 20.8 Å². The number of rotatable bonds is 4. The Balaban J connectivity index is 3.09. The Morgan fingerprint density at radius 3 is 1.59 bits per heavy atom. The third kappa shape index (κ3) is 3.23. The third-order valence-electron chi connectivity index (χ3n) is 3.85. The van der Waals surface area contributed by atoms with Crippen molar-refractivity contribution in [2.45, 2.75) is 38.9 Å². The first-order valence-corrected chi connectivity index (χ1v) is 16.3. The first kappa shape index (κ1) is 15.0. The summed E-state index contributed by atoms with van der Waals surface area (Å²) in [6.45, 7) is 6.56. The van der Waals surface area contributed by atoms with Crippen LogP contribution in [0.15, 0.2) is 24.3 Å². The number of halogens is 3. The van der Waals surface area contributed by atoms with E-state index in [9.17, 15) is 13.2 Å². The van der Waals surface area contributed by atoms with Crippen molar-refractivity contribution in [3.63, 3.8) is 0 Å². The zero-order valence-electron chi connectivity index (χ0n) is 10.6. The molecule has 0 nitrogen and oxygen atoms in total. The maximum absolute atomic E-state index is 12.5. The Kier molecular flexibility index (Phi) is 5.04. The summed E-state index contributed by atoms with van der Waals surface area (Å²) in [5, 5.41) is 0. The predicted octanol–water partition coefficient (Wildman–Crippen LogP) is 4.42. The second-order valence-electron chi connectivity index (χ2n) is 4.42. The summed E-state index contributed by atoms with van der Waals surface area (Å²) in [6, 6.07) is 5.93. The van der Waals surface area contributed by atoms with Gasteiger partial charge in [-0.1, -0.05) is 0 Å². The van der Waals surface area contributed by atoms with E-state index < -0.39 is 32.9 Å². The van der Waals surface area contributed by atoms with Crippen molar-refractivity contribution in [1.29, 1.82) is 0 Å². The molecule has 0 fully saturated rings. The van der Waals surface area contributed by atoms with Crippen molar-refractivity contribution in [2.75, 3.05) is 0 Å². The van der Waals surface area contributed by atoms with Gasteiger partial charge in [-0.15, -0.1) is 0 Å². The van der Waals surface area contributed by atoms with Gasteiger partial charge in [0, 0.05) is 0 Å². The molecule has 0 saturated carbocycles. The molecule has 1 rings (SSSR count). The molecule has 96 valence electrons. The molecule has 17 heavy (non-hydrogen) atoms. The average molecular weight is 439 g/mol. The quantitative estimate of drug-likeness (QED) is 0.610. The molecule has 0 heterocycles. The van der Waals surface area contributed by atoms with Crippen molar-refractivity contribution in [3.8, 4) is 0 Å². The van der Waals surface area contributed by atoms with Crippen molar-refractivity contribution in [1.82, 2.24) is 0 Å². The first-order chi connectivity index (χ1) is 7.89. The second kappa shape index (κ2) is 5.71. The van der Waals surface area contributed by atoms with Crippen LogP contribution in [0.1, 0.15) is 26.3 Å². The molecule has 0 atom stereocenters. The molecule has 0 aliphatic carbocycles. The molecule has 0 aliphatic heterocycles. The summed E-state index contributed by atoms with van der Waals surface area (Å²) in [5.74, 6) is 0. The fourth-order valence-corrected chi connectivity index (χ4v) is 16.4. The summed E-state index contributed by atoms with van der Waals surface area (Å²) in [4.78, 5) is 0. The maximum atomic E-state index is 12.5. The van der Waals surface area contributed by atoms with E-state index in [0.29, 0.717) is 0 Å². The fraction of sp³-hybridized carbons (Fsp3) is 0.538. The van der Waals surface area contributed by atoms with Crippen LogP contribution >= 0.6 is 0 Å². The Morgan fingerprint density at radius 1 is 0.882 bits per heavy atom. The van der Waals surface area contributed by atoms with Crippen LogP contribution in [0.2, 0.25) is 11.9 Å². The molecule has 0 spiro atoms. The molecular weight excluding hydrogens is 420 g/mol. The van der Waals surface area contributed by atoms with Gasteiger partial charge in [-0.25, -0.2) is 0 Å². The van der Waals surface area contributed by atoms with Crippen LogP contribution in [0.5, 0.6) is 0 Å². The number of benzene rings is 1. The van der Waals surface area contributed by atoms with Crippen LogP contribution in [-0.2, 0) is 6.18 Å². The van der Waals surface area contributed by atoms with Crippen molar-refractivity contribution in [3.05, 3.63) is 29.8 Å². The molecule has 0 amide bonds. The van der Waals surface area contributed by atoms with E-state index in [4.69, 9.17) is 0 Å². The molecule has 0 N–H and O–H groups in total. The van der Waals surface area contributed by atoms with Crippen LogP contribution < -0.4 is 3.12 Å². The van der Waals surface area contributed by atoms with Gasteiger partial charge in [0.15, 0.2) is 0 Å². The second-order valence-corrected chi connectivity index (χ2v) is 24.9. The van der Waals surface area contributed by atoms with Gasteiger partial charge in [0.25, 0.3) is 0 Å². The zero-order chi connectivity index (χ0) is 13.1.